The molecule has 0 saturated carbocycles. The molecule has 3 aromatic rings. The van der Waals surface area contributed by atoms with Crippen LogP contribution < -0.4 is 13.8 Å². The lowest BCUT2D eigenvalue weighted by atomic mass is 10.2. The molecule has 3 aromatic carbocycles. The number of hydrogen-bond acceptors (Lipinski definition) is 5. The zero-order chi connectivity index (χ0) is 20.9. The van der Waals surface area contributed by atoms with Crippen molar-refractivity contribution in [2.45, 2.75) is 11.8 Å². The highest BCUT2D eigenvalue weighted by Crippen LogP contribution is 2.28. The predicted octanol–water partition coefficient (Wildman–Crippen LogP) is 4.13. The van der Waals surface area contributed by atoms with Gasteiger partial charge in [-0.2, -0.15) is 4.31 Å². The minimum absolute atomic E-state index is 0.0238. The van der Waals surface area contributed by atoms with Gasteiger partial charge < -0.3 is 9.47 Å². The monoisotopic (exact) mass is 411 g/mol. The van der Waals surface area contributed by atoms with Gasteiger partial charge in [-0.05, 0) is 67.6 Å². The van der Waals surface area contributed by atoms with Gasteiger partial charge in [0.05, 0.1) is 24.3 Å². The van der Waals surface area contributed by atoms with Crippen molar-refractivity contribution in [1.82, 2.24) is 0 Å². The van der Waals surface area contributed by atoms with Gasteiger partial charge in [-0.1, -0.05) is 18.2 Å². The Hall–Kier alpha value is -3.32. The highest BCUT2D eigenvalue weighted by molar-refractivity contribution is 7.93. The average molecular weight is 411 g/mol. The molecule has 0 N–H and O–H groups in total. The molecule has 0 fully saturated rings. The molecule has 0 aliphatic carbocycles. The summed E-state index contributed by atoms with van der Waals surface area (Å²) in [7, 11) is -2.61. The second-order valence-electron chi connectivity index (χ2n) is 6.04. The smallest absolute Gasteiger partial charge is 0.272 e. The number of rotatable bonds is 7. The van der Waals surface area contributed by atoms with Crippen LogP contribution in [0.1, 0.15) is 17.3 Å². The second kappa shape index (κ2) is 8.79. The van der Waals surface area contributed by atoms with Gasteiger partial charge in [-0.15, -0.1) is 0 Å². The van der Waals surface area contributed by atoms with E-state index in [-0.39, 0.29) is 16.1 Å². The summed E-state index contributed by atoms with van der Waals surface area (Å²) in [4.78, 5) is 13.3. The third-order valence-corrected chi connectivity index (χ3v) is 5.91. The molecular formula is C22H21NO5S. The molecule has 1 amide bonds. The third-order valence-electron chi connectivity index (χ3n) is 4.19. The Morgan fingerprint density at radius 2 is 1.45 bits per heavy atom. The van der Waals surface area contributed by atoms with Crippen LogP contribution in [0.15, 0.2) is 83.8 Å². The first-order chi connectivity index (χ1) is 14.0. The van der Waals surface area contributed by atoms with Crippen LogP contribution in [-0.2, 0) is 10.0 Å². The summed E-state index contributed by atoms with van der Waals surface area (Å²) >= 11 is 0. The van der Waals surface area contributed by atoms with Gasteiger partial charge in [-0.3, -0.25) is 4.79 Å². The summed E-state index contributed by atoms with van der Waals surface area (Å²) < 4.78 is 38.0. The lowest BCUT2D eigenvalue weighted by Gasteiger charge is -2.23. The molecule has 0 aromatic heterocycles. The Bertz CT molecular complexity index is 1060. The first-order valence-corrected chi connectivity index (χ1v) is 10.4. The molecule has 0 radical (unpaired) electrons. The molecule has 6 nitrogen and oxygen atoms in total. The first-order valence-electron chi connectivity index (χ1n) is 8.99. The SMILES string of the molecule is CCOc1ccc(N(C(=O)c2ccc(OC)cc2)S(=O)(=O)c2ccccc2)cc1. The molecule has 0 bridgehead atoms. The molecular weight excluding hydrogens is 390 g/mol. The van der Waals surface area contributed by atoms with E-state index in [1.54, 1.807) is 54.6 Å². The maximum atomic E-state index is 13.3. The molecule has 0 atom stereocenters. The summed E-state index contributed by atoms with van der Waals surface area (Å²) in [5.74, 6) is 0.492. The summed E-state index contributed by atoms with van der Waals surface area (Å²) in [6.45, 7) is 2.34. The number of sulfonamides is 1. The van der Waals surface area contributed by atoms with Crippen molar-refractivity contribution in [2.75, 3.05) is 18.0 Å². The van der Waals surface area contributed by atoms with E-state index in [0.717, 1.165) is 4.31 Å². The van der Waals surface area contributed by atoms with Gasteiger partial charge in [0, 0.05) is 5.56 Å². The third kappa shape index (κ3) is 4.41. The van der Waals surface area contributed by atoms with Crippen molar-refractivity contribution >= 4 is 21.6 Å². The molecule has 0 spiro atoms. The van der Waals surface area contributed by atoms with Crippen LogP contribution in [0.5, 0.6) is 11.5 Å². The zero-order valence-corrected chi connectivity index (χ0v) is 16.9. The fourth-order valence-electron chi connectivity index (χ4n) is 2.76. The summed E-state index contributed by atoms with van der Waals surface area (Å²) in [6.07, 6.45) is 0. The van der Waals surface area contributed by atoms with Crippen molar-refractivity contribution in [3.63, 3.8) is 0 Å². The van der Waals surface area contributed by atoms with E-state index in [4.69, 9.17) is 9.47 Å². The quantitative estimate of drug-likeness (QED) is 0.585. The van der Waals surface area contributed by atoms with E-state index in [0.29, 0.717) is 18.1 Å². The molecule has 3 rings (SSSR count). The van der Waals surface area contributed by atoms with Crippen molar-refractivity contribution in [1.29, 1.82) is 0 Å². The Morgan fingerprint density at radius 3 is 2.00 bits per heavy atom. The van der Waals surface area contributed by atoms with E-state index < -0.39 is 15.9 Å². The van der Waals surface area contributed by atoms with E-state index in [9.17, 15) is 13.2 Å². The summed E-state index contributed by atoms with van der Waals surface area (Å²) in [5.41, 5.74) is 0.442. The van der Waals surface area contributed by atoms with Crippen LogP contribution in [0.4, 0.5) is 5.69 Å². The van der Waals surface area contributed by atoms with Crippen LogP contribution in [0, 0.1) is 0 Å². The minimum Gasteiger partial charge on any atom is -0.497 e. The largest absolute Gasteiger partial charge is 0.497 e. The van der Waals surface area contributed by atoms with Crippen LogP contribution >= 0.6 is 0 Å². The van der Waals surface area contributed by atoms with Gasteiger partial charge in [0.15, 0.2) is 0 Å². The van der Waals surface area contributed by atoms with E-state index >= 15 is 0 Å². The highest BCUT2D eigenvalue weighted by atomic mass is 32.2. The van der Waals surface area contributed by atoms with E-state index in [2.05, 4.69) is 0 Å². The molecule has 29 heavy (non-hydrogen) atoms. The van der Waals surface area contributed by atoms with Crippen molar-refractivity contribution < 1.29 is 22.7 Å². The summed E-state index contributed by atoms with van der Waals surface area (Å²) in [6, 6.07) is 20.5. The molecule has 7 heteroatoms. The first kappa shape index (κ1) is 20.4. The molecule has 150 valence electrons. The van der Waals surface area contributed by atoms with E-state index in [1.165, 1.54) is 31.4 Å². The van der Waals surface area contributed by atoms with Gasteiger partial charge in [0.1, 0.15) is 11.5 Å². The fourth-order valence-corrected chi connectivity index (χ4v) is 4.19. The molecule has 0 aliphatic rings. The number of benzene rings is 3. The van der Waals surface area contributed by atoms with Crippen molar-refractivity contribution in [3.8, 4) is 11.5 Å². The lowest BCUT2D eigenvalue weighted by Crippen LogP contribution is -2.37. The molecule has 0 unspecified atom stereocenters. The number of carbonyl (C=O) groups is 1. The maximum absolute atomic E-state index is 13.3. The highest BCUT2D eigenvalue weighted by Gasteiger charge is 2.31. The Labute approximate surface area is 170 Å². The standard InChI is InChI=1S/C22H21NO5S/c1-3-28-20-15-11-18(12-16-20)23(29(25,26)21-7-5-4-6-8-21)22(24)17-9-13-19(27-2)14-10-17/h4-16H,3H2,1-2H3. The lowest BCUT2D eigenvalue weighted by molar-refractivity contribution is 0.101. The number of ether oxygens (including phenoxy) is 2. The van der Waals surface area contributed by atoms with Gasteiger partial charge in [0.25, 0.3) is 15.9 Å². The van der Waals surface area contributed by atoms with Gasteiger partial charge >= 0.3 is 0 Å². The number of nitrogens with zero attached hydrogens (tertiary/aromatic N) is 1. The van der Waals surface area contributed by atoms with Crippen LogP contribution in [-0.4, -0.2) is 28.0 Å². The maximum Gasteiger partial charge on any atom is 0.272 e. The predicted molar refractivity (Wildman–Crippen MR) is 111 cm³/mol. The number of amides is 1. The van der Waals surface area contributed by atoms with Crippen molar-refractivity contribution in [3.05, 3.63) is 84.4 Å². The van der Waals surface area contributed by atoms with Gasteiger partial charge in [-0.25, -0.2) is 8.42 Å². The Morgan fingerprint density at radius 1 is 0.862 bits per heavy atom. The summed E-state index contributed by atoms with van der Waals surface area (Å²) in [5, 5.41) is 0. The topological polar surface area (TPSA) is 72.9 Å². The fraction of sp³-hybridized carbons (Fsp3) is 0.136. The van der Waals surface area contributed by atoms with Crippen LogP contribution in [0.2, 0.25) is 0 Å². The Kier molecular flexibility index (Phi) is 6.19. The zero-order valence-electron chi connectivity index (χ0n) is 16.1. The average Bonchev–Trinajstić information content (AvgIpc) is 2.76. The molecule has 0 heterocycles. The number of carbonyl (C=O) groups excluding carboxylic acids is 1. The molecule has 0 aliphatic heterocycles. The number of anilines is 1. The Balaban J connectivity index is 2.09. The minimum atomic E-state index is -4.13. The van der Waals surface area contributed by atoms with Crippen LogP contribution in [0.25, 0.3) is 0 Å². The molecule has 0 saturated heterocycles. The van der Waals surface area contributed by atoms with E-state index in [1.807, 2.05) is 6.92 Å². The second-order valence-corrected chi connectivity index (χ2v) is 7.83. The van der Waals surface area contributed by atoms with Gasteiger partial charge in [0.2, 0.25) is 0 Å². The number of hydrogen-bond donors (Lipinski definition) is 0. The number of methoxy groups -OCH3 is 1. The normalized spacial score (nSPS) is 11.0. The van der Waals surface area contributed by atoms with Crippen LogP contribution in [0.3, 0.4) is 0 Å². The van der Waals surface area contributed by atoms with Crippen molar-refractivity contribution in [2.24, 2.45) is 0 Å².